The van der Waals surface area contributed by atoms with Crippen LogP contribution >= 0.6 is 0 Å². The zero-order chi connectivity index (χ0) is 15.2. The highest BCUT2D eigenvalue weighted by Gasteiger charge is 2.18. The van der Waals surface area contributed by atoms with Crippen LogP contribution in [0.1, 0.15) is 31.4 Å². The highest BCUT2D eigenvalue weighted by atomic mass is 16.5. The van der Waals surface area contributed by atoms with Gasteiger partial charge in [-0.3, -0.25) is 4.98 Å². The van der Waals surface area contributed by atoms with Crippen LogP contribution in [-0.4, -0.2) is 17.2 Å². The van der Waals surface area contributed by atoms with Crippen molar-refractivity contribution in [2.45, 2.75) is 38.7 Å². The zero-order valence-corrected chi connectivity index (χ0v) is 12.0. The Labute approximate surface area is 123 Å². The Kier molecular flexibility index (Phi) is 4.90. The van der Waals surface area contributed by atoms with Crippen molar-refractivity contribution < 1.29 is 14.3 Å². The van der Waals surface area contributed by atoms with Gasteiger partial charge in [0.05, 0.1) is 17.0 Å². The topological polar surface area (TPSA) is 82.3 Å². The van der Waals surface area contributed by atoms with Gasteiger partial charge < -0.3 is 10.5 Å². The van der Waals surface area contributed by atoms with E-state index in [2.05, 4.69) is 4.98 Å². The van der Waals surface area contributed by atoms with Crippen LogP contribution in [0.4, 0.5) is 5.69 Å². The lowest BCUT2D eigenvalue weighted by molar-refractivity contribution is -0.191. The number of pyridine rings is 1. The second kappa shape index (κ2) is 6.86. The molecule has 0 aliphatic heterocycles. The van der Waals surface area contributed by atoms with E-state index < -0.39 is 0 Å². The summed E-state index contributed by atoms with van der Waals surface area (Å²) in [7, 11) is 0. The number of hydrogen-bond acceptors (Lipinski definition) is 5. The molecule has 21 heavy (non-hydrogen) atoms. The molecule has 0 unspecified atom stereocenters. The Bertz CT molecular complexity index is 658. The van der Waals surface area contributed by atoms with Crippen molar-refractivity contribution in [1.29, 1.82) is 0 Å². The largest absolute Gasteiger partial charge is 0.490 e. The van der Waals surface area contributed by atoms with Crippen LogP contribution in [0.15, 0.2) is 24.3 Å². The minimum absolute atomic E-state index is 0.250. The van der Waals surface area contributed by atoms with Gasteiger partial charge in [0.1, 0.15) is 5.75 Å². The molecule has 0 atom stereocenters. The van der Waals surface area contributed by atoms with E-state index in [0.29, 0.717) is 6.10 Å². The molecule has 1 aliphatic rings. The summed E-state index contributed by atoms with van der Waals surface area (Å²) in [6.07, 6.45) is 5.42. The van der Waals surface area contributed by atoms with E-state index in [1.54, 1.807) is 0 Å². The van der Waals surface area contributed by atoms with E-state index in [1.165, 1.54) is 12.8 Å². The van der Waals surface area contributed by atoms with Gasteiger partial charge in [-0.15, -0.1) is 0 Å². The van der Waals surface area contributed by atoms with Gasteiger partial charge in [-0.25, -0.2) is 0 Å². The van der Waals surface area contributed by atoms with Gasteiger partial charge >= 0.3 is 6.15 Å². The predicted molar refractivity (Wildman–Crippen MR) is 78.8 cm³/mol. The van der Waals surface area contributed by atoms with Crippen LogP contribution in [0, 0.1) is 6.92 Å². The molecule has 0 saturated heterocycles. The Hall–Kier alpha value is -2.39. The number of hydrogen-bond donors (Lipinski definition) is 1. The van der Waals surface area contributed by atoms with Crippen LogP contribution in [0.2, 0.25) is 0 Å². The normalized spacial score (nSPS) is 14.3. The summed E-state index contributed by atoms with van der Waals surface area (Å²) >= 11 is 0. The minimum atomic E-state index is 0.250. The van der Waals surface area contributed by atoms with Crippen molar-refractivity contribution in [1.82, 2.24) is 4.98 Å². The molecule has 1 saturated carbocycles. The van der Waals surface area contributed by atoms with E-state index >= 15 is 0 Å². The Morgan fingerprint density at radius 3 is 2.62 bits per heavy atom. The Morgan fingerprint density at radius 1 is 1.29 bits per heavy atom. The molecular formula is C16H18N2O3. The summed E-state index contributed by atoms with van der Waals surface area (Å²) in [5, 5.41) is 0.954. The summed E-state index contributed by atoms with van der Waals surface area (Å²) in [5.74, 6) is 0.879. The minimum Gasteiger partial charge on any atom is -0.490 e. The smallest absolute Gasteiger partial charge is 0.373 e. The van der Waals surface area contributed by atoms with Gasteiger partial charge in [-0.1, -0.05) is 6.07 Å². The maximum Gasteiger partial charge on any atom is 0.373 e. The van der Waals surface area contributed by atoms with Crippen LogP contribution in [0.25, 0.3) is 10.9 Å². The van der Waals surface area contributed by atoms with E-state index in [4.69, 9.17) is 20.1 Å². The molecule has 110 valence electrons. The van der Waals surface area contributed by atoms with Crippen LogP contribution in [-0.2, 0) is 9.59 Å². The molecule has 0 amide bonds. The van der Waals surface area contributed by atoms with Crippen molar-refractivity contribution in [3.8, 4) is 5.75 Å². The number of aromatic nitrogens is 1. The third-order valence-corrected chi connectivity index (χ3v) is 3.55. The number of nitrogen functional groups attached to an aromatic ring is 1. The molecule has 1 fully saturated rings. The number of rotatable bonds is 2. The molecule has 1 aromatic heterocycles. The van der Waals surface area contributed by atoms with Crippen molar-refractivity contribution in [3.63, 3.8) is 0 Å². The standard InChI is InChI=1S/C15H18N2O.CO2/c1-10-9-12(16)15-13(17-10)7-4-8-14(15)18-11-5-2-3-6-11;2-1-3/h4,7-9,11H,2-3,5-6H2,1H3,(H2,16,17);. The number of fused-ring (bicyclic) bond motifs is 1. The van der Waals surface area contributed by atoms with Gasteiger partial charge in [-0.05, 0) is 50.8 Å². The van der Waals surface area contributed by atoms with Crippen LogP contribution in [0.5, 0.6) is 5.75 Å². The molecule has 3 rings (SSSR count). The molecule has 0 bridgehead atoms. The van der Waals surface area contributed by atoms with Gasteiger partial charge in [0.15, 0.2) is 0 Å². The monoisotopic (exact) mass is 286 g/mol. The first-order chi connectivity index (χ1) is 10.2. The predicted octanol–water partition coefficient (Wildman–Crippen LogP) is 2.86. The van der Waals surface area contributed by atoms with E-state index in [-0.39, 0.29) is 6.15 Å². The molecule has 1 aromatic carbocycles. The Morgan fingerprint density at radius 2 is 1.95 bits per heavy atom. The lowest BCUT2D eigenvalue weighted by Gasteiger charge is -2.16. The van der Waals surface area contributed by atoms with Gasteiger partial charge in [-0.2, -0.15) is 9.59 Å². The van der Waals surface area contributed by atoms with E-state index in [9.17, 15) is 0 Å². The fourth-order valence-electron chi connectivity index (χ4n) is 2.71. The number of benzene rings is 1. The Balaban J connectivity index is 0.000000497. The second-order valence-corrected chi connectivity index (χ2v) is 5.11. The third kappa shape index (κ3) is 3.58. The lowest BCUT2D eigenvalue weighted by atomic mass is 10.1. The molecular weight excluding hydrogens is 268 g/mol. The number of nitrogens with two attached hydrogens (primary N) is 1. The van der Waals surface area contributed by atoms with Crippen molar-refractivity contribution >= 4 is 22.7 Å². The summed E-state index contributed by atoms with van der Waals surface area (Å²) in [4.78, 5) is 20.8. The summed E-state index contributed by atoms with van der Waals surface area (Å²) < 4.78 is 6.09. The molecule has 1 heterocycles. The summed E-state index contributed by atoms with van der Waals surface area (Å²) in [5.41, 5.74) is 8.73. The average molecular weight is 286 g/mol. The first-order valence-electron chi connectivity index (χ1n) is 6.97. The molecule has 2 aromatic rings. The third-order valence-electron chi connectivity index (χ3n) is 3.55. The van der Waals surface area contributed by atoms with Gasteiger partial charge in [0.2, 0.25) is 0 Å². The number of nitrogens with zero attached hydrogens (tertiary/aromatic N) is 1. The summed E-state index contributed by atoms with van der Waals surface area (Å²) in [6, 6.07) is 7.87. The number of aryl methyl sites for hydroxylation is 1. The number of ether oxygens (including phenoxy) is 1. The van der Waals surface area contributed by atoms with Crippen LogP contribution < -0.4 is 10.5 Å². The molecule has 5 nitrogen and oxygen atoms in total. The van der Waals surface area contributed by atoms with E-state index in [0.717, 1.165) is 40.9 Å². The average Bonchev–Trinajstić information content (AvgIpc) is 2.92. The van der Waals surface area contributed by atoms with E-state index in [1.807, 2.05) is 31.2 Å². The molecule has 1 aliphatic carbocycles. The van der Waals surface area contributed by atoms with Crippen LogP contribution in [0.3, 0.4) is 0 Å². The lowest BCUT2D eigenvalue weighted by Crippen LogP contribution is -2.11. The van der Waals surface area contributed by atoms with Gasteiger partial charge in [0, 0.05) is 11.4 Å². The van der Waals surface area contributed by atoms with Crippen molar-refractivity contribution in [2.75, 3.05) is 5.73 Å². The highest BCUT2D eigenvalue weighted by molar-refractivity contribution is 5.95. The fourth-order valence-corrected chi connectivity index (χ4v) is 2.71. The summed E-state index contributed by atoms with van der Waals surface area (Å²) in [6.45, 7) is 1.96. The number of carbonyl (C=O) groups excluding carboxylic acids is 2. The molecule has 2 N–H and O–H groups in total. The molecule has 0 radical (unpaired) electrons. The van der Waals surface area contributed by atoms with Crippen molar-refractivity contribution in [2.24, 2.45) is 0 Å². The number of anilines is 1. The first kappa shape index (κ1) is 15.0. The maximum absolute atomic E-state index is 8.12. The molecule has 5 heteroatoms. The second-order valence-electron chi connectivity index (χ2n) is 5.11. The fraction of sp³-hybridized carbons (Fsp3) is 0.375. The zero-order valence-electron chi connectivity index (χ0n) is 12.0. The van der Waals surface area contributed by atoms with Crippen molar-refractivity contribution in [3.05, 3.63) is 30.0 Å². The SMILES string of the molecule is Cc1cc(N)c2c(OC3CCCC3)cccc2n1.O=C=O. The quantitative estimate of drug-likeness (QED) is 0.917. The first-order valence-corrected chi connectivity index (χ1v) is 6.97. The van der Waals surface area contributed by atoms with Gasteiger partial charge in [0.25, 0.3) is 0 Å². The maximum atomic E-state index is 8.12. The highest BCUT2D eigenvalue weighted by Crippen LogP contribution is 2.33. The molecule has 0 spiro atoms.